The number of aliphatic hydroxyl groups is 1. The van der Waals surface area contributed by atoms with Gasteiger partial charge in [-0.1, -0.05) is 19.3 Å². The van der Waals surface area contributed by atoms with Crippen molar-refractivity contribution in [2.75, 3.05) is 26.7 Å². The summed E-state index contributed by atoms with van der Waals surface area (Å²) >= 11 is 0. The first-order chi connectivity index (χ1) is 9.50. The van der Waals surface area contributed by atoms with E-state index in [2.05, 4.69) is 0 Å². The zero-order valence-electron chi connectivity index (χ0n) is 12.4. The zero-order chi connectivity index (χ0) is 14.6. The highest BCUT2D eigenvalue weighted by Crippen LogP contribution is 2.31. The molecule has 0 spiro atoms. The SMILES string of the molecule is CN(CCN1CCCC1=O)C(=O)CC1(O)CCCCC1. The van der Waals surface area contributed by atoms with Crippen LogP contribution in [0.2, 0.25) is 0 Å². The van der Waals surface area contributed by atoms with Gasteiger partial charge in [-0.05, 0) is 19.3 Å². The molecule has 20 heavy (non-hydrogen) atoms. The topological polar surface area (TPSA) is 60.9 Å². The number of likely N-dealkylation sites (N-methyl/N-ethyl adjacent to an activating group) is 1. The second kappa shape index (κ2) is 6.57. The van der Waals surface area contributed by atoms with Gasteiger partial charge in [0, 0.05) is 33.1 Å². The van der Waals surface area contributed by atoms with Gasteiger partial charge in [0.2, 0.25) is 11.8 Å². The maximum Gasteiger partial charge on any atom is 0.225 e. The van der Waals surface area contributed by atoms with Crippen LogP contribution in [0.3, 0.4) is 0 Å². The molecule has 0 aromatic carbocycles. The first-order valence-electron chi connectivity index (χ1n) is 7.74. The van der Waals surface area contributed by atoms with Crippen molar-refractivity contribution in [1.82, 2.24) is 9.80 Å². The molecule has 0 aromatic heterocycles. The van der Waals surface area contributed by atoms with Gasteiger partial charge in [0.15, 0.2) is 0 Å². The molecule has 2 rings (SSSR count). The molecule has 114 valence electrons. The summed E-state index contributed by atoms with van der Waals surface area (Å²) in [5, 5.41) is 10.4. The molecule has 0 unspecified atom stereocenters. The normalized spacial score (nSPS) is 22.1. The maximum absolute atomic E-state index is 12.2. The van der Waals surface area contributed by atoms with Gasteiger partial charge < -0.3 is 14.9 Å². The molecular weight excluding hydrogens is 256 g/mol. The van der Waals surface area contributed by atoms with Crippen LogP contribution in [0.1, 0.15) is 51.4 Å². The van der Waals surface area contributed by atoms with Crippen LogP contribution in [0.4, 0.5) is 0 Å². The Labute approximate surface area is 120 Å². The van der Waals surface area contributed by atoms with Crippen LogP contribution in [-0.2, 0) is 9.59 Å². The van der Waals surface area contributed by atoms with E-state index in [9.17, 15) is 14.7 Å². The van der Waals surface area contributed by atoms with Gasteiger partial charge in [-0.25, -0.2) is 0 Å². The van der Waals surface area contributed by atoms with Crippen LogP contribution in [0, 0.1) is 0 Å². The van der Waals surface area contributed by atoms with Crippen molar-refractivity contribution in [2.45, 2.75) is 57.0 Å². The lowest BCUT2D eigenvalue weighted by Crippen LogP contribution is -2.42. The average Bonchev–Trinajstić information content (AvgIpc) is 2.81. The number of carbonyl (C=O) groups is 2. The van der Waals surface area contributed by atoms with Gasteiger partial charge in [0.25, 0.3) is 0 Å². The van der Waals surface area contributed by atoms with Crippen molar-refractivity contribution in [3.63, 3.8) is 0 Å². The minimum Gasteiger partial charge on any atom is -0.389 e. The molecule has 1 N–H and O–H groups in total. The van der Waals surface area contributed by atoms with Crippen LogP contribution in [0.25, 0.3) is 0 Å². The van der Waals surface area contributed by atoms with Gasteiger partial charge in [0.05, 0.1) is 12.0 Å². The third-order valence-corrected chi connectivity index (χ3v) is 4.57. The maximum atomic E-state index is 12.2. The van der Waals surface area contributed by atoms with E-state index in [1.165, 1.54) is 0 Å². The Kier molecular flexibility index (Phi) is 5.02. The quantitative estimate of drug-likeness (QED) is 0.823. The van der Waals surface area contributed by atoms with Crippen molar-refractivity contribution >= 4 is 11.8 Å². The largest absolute Gasteiger partial charge is 0.389 e. The summed E-state index contributed by atoms with van der Waals surface area (Å²) < 4.78 is 0. The number of hydrogen-bond acceptors (Lipinski definition) is 3. The highest BCUT2D eigenvalue weighted by Gasteiger charge is 2.32. The van der Waals surface area contributed by atoms with Crippen LogP contribution in [-0.4, -0.2) is 59.0 Å². The van der Waals surface area contributed by atoms with Gasteiger partial charge in [-0.3, -0.25) is 9.59 Å². The average molecular weight is 282 g/mol. The first-order valence-corrected chi connectivity index (χ1v) is 7.74. The zero-order valence-corrected chi connectivity index (χ0v) is 12.4. The Balaban J connectivity index is 1.75. The Hall–Kier alpha value is -1.10. The minimum absolute atomic E-state index is 0.0129. The van der Waals surface area contributed by atoms with Crippen molar-refractivity contribution in [2.24, 2.45) is 0 Å². The molecule has 1 aliphatic carbocycles. The number of hydrogen-bond donors (Lipinski definition) is 1. The van der Waals surface area contributed by atoms with Crippen LogP contribution in [0.15, 0.2) is 0 Å². The lowest BCUT2D eigenvalue weighted by atomic mass is 9.82. The summed E-state index contributed by atoms with van der Waals surface area (Å²) in [7, 11) is 1.76. The van der Waals surface area contributed by atoms with Gasteiger partial charge in [0.1, 0.15) is 0 Å². The molecule has 1 heterocycles. The summed E-state index contributed by atoms with van der Waals surface area (Å²) in [5.74, 6) is 0.179. The molecule has 2 amide bonds. The van der Waals surface area contributed by atoms with Crippen LogP contribution in [0.5, 0.6) is 0 Å². The predicted octanol–water partition coefficient (Wildman–Crippen LogP) is 1.15. The number of rotatable bonds is 5. The van der Waals surface area contributed by atoms with E-state index in [0.717, 1.165) is 45.1 Å². The second-order valence-corrected chi connectivity index (χ2v) is 6.26. The Bertz CT molecular complexity index is 364. The first kappa shape index (κ1) is 15.3. The van der Waals surface area contributed by atoms with E-state index >= 15 is 0 Å². The molecule has 0 radical (unpaired) electrons. The second-order valence-electron chi connectivity index (χ2n) is 6.26. The van der Waals surface area contributed by atoms with Crippen molar-refractivity contribution in [1.29, 1.82) is 0 Å². The van der Waals surface area contributed by atoms with Crippen LogP contribution >= 0.6 is 0 Å². The smallest absolute Gasteiger partial charge is 0.225 e. The summed E-state index contributed by atoms with van der Waals surface area (Å²) in [4.78, 5) is 27.1. The van der Waals surface area contributed by atoms with Gasteiger partial charge >= 0.3 is 0 Å². The van der Waals surface area contributed by atoms with E-state index in [1.807, 2.05) is 4.90 Å². The Morgan fingerprint density at radius 3 is 2.60 bits per heavy atom. The van der Waals surface area contributed by atoms with Crippen molar-refractivity contribution in [3.05, 3.63) is 0 Å². The number of amides is 2. The fraction of sp³-hybridized carbons (Fsp3) is 0.867. The fourth-order valence-electron chi connectivity index (χ4n) is 3.14. The van der Waals surface area contributed by atoms with E-state index in [-0.39, 0.29) is 18.2 Å². The summed E-state index contributed by atoms with van der Waals surface area (Å²) in [6.07, 6.45) is 6.43. The van der Waals surface area contributed by atoms with Crippen molar-refractivity contribution in [3.8, 4) is 0 Å². The highest BCUT2D eigenvalue weighted by molar-refractivity contribution is 5.78. The molecule has 0 atom stereocenters. The Morgan fingerprint density at radius 2 is 2.00 bits per heavy atom. The monoisotopic (exact) mass is 282 g/mol. The summed E-state index contributed by atoms with van der Waals surface area (Å²) in [6.45, 7) is 1.98. The minimum atomic E-state index is -0.799. The molecule has 2 aliphatic rings. The third kappa shape index (κ3) is 3.95. The lowest BCUT2D eigenvalue weighted by Gasteiger charge is -2.33. The molecule has 5 nitrogen and oxygen atoms in total. The van der Waals surface area contributed by atoms with Crippen molar-refractivity contribution < 1.29 is 14.7 Å². The third-order valence-electron chi connectivity index (χ3n) is 4.57. The molecule has 1 saturated carbocycles. The van der Waals surface area contributed by atoms with E-state index in [0.29, 0.717) is 19.5 Å². The molecule has 0 bridgehead atoms. The summed E-state index contributed by atoms with van der Waals surface area (Å²) in [6, 6.07) is 0. The molecule has 2 fully saturated rings. The standard InChI is InChI=1S/C15H26N2O3/c1-16(10-11-17-9-5-6-13(17)18)14(19)12-15(20)7-3-2-4-8-15/h20H,2-12H2,1H3. The molecule has 1 saturated heterocycles. The van der Waals surface area contributed by atoms with Gasteiger partial charge in [-0.2, -0.15) is 0 Å². The molecular formula is C15H26N2O3. The van der Waals surface area contributed by atoms with E-state index < -0.39 is 5.60 Å². The number of nitrogens with zero attached hydrogens (tertiary/aromatic N) is 2. The molecule has 5 heteroatoms. The summed E-state index contributed by atoms with van der Waals surface area (Å²) in [5.41, 5.74) is -0.799. The molecule has 1 aliphatic heterocycles. The molecule has 0 aromatic rings. The predicted molar refractivity (Wildman–Crippen MR) is 76.1 cm³/mol. The van der Waals surface area contributed by atoms with E-state index in [1.54, 1.807) is 11.9 Å². The van der Waals surface area contributed by atoms with Gasteiger partial charge in [-0.15, -0.1) is 0 Å². The fourth-order valence-corrected chi connectivity index (χ4v) is 3.14. The number of likely N-dealkylation sites (tertiary alicyclic amines) is 1. The lowest BCUT2D eigenvalue weighted by molar-refractivity contribution is -0.137. The number of carbonyl (C=O) groups excluding carboxylic acids is 2. The highest BCUT2D eigenvalue weighted by atomic mass is 16.3. The Morgan fingerprint density at radius 1 is 1.30 bits per heavy atom. The van der Waals surface area contributed by atoms with E-state index in [4.69, 9.17) is 0 Å². The van der Waals surface area contributed by atoms with Crippen LogP contribution < -0.4 is 0 Å².